The molecular weight excluding hydrogens is 334 g/mol. The predicted octanol–water partition coefficient (Wildman–Crippen LogP) is 0.792. The molecular formula is C19H21N3O4. The van der Waals surface area contributed by atoms with Crippen LogP contribution in [-0.2, 0) is 20.8 Å². The number of furan rings is 1. The number of rotatable bonds is 9. The Hall–Kier alpha value is -3.19. The van der Waals surface area contributed by atoms with Crippen LogP contribution in [0.25, 0.3) is 6.08 Å². The maximum absolute atomic E-state index is 12.2. The largest absolute Gasteiger partial charge is 0.465 e. The SMILES string of the molecule is NC(=O)[C@H](Cc1ccccc1)NC(=O)[C@@H](N)CC(=O)C=Cc1ccco1. The zero-order valence-corrected chi connectivity index (χ0v) is 14.1. The molecule has 0 aliphatic heterocycles. The van der Waals surface area contributed by atoms with Gasteiger partial charge in [-0.15, -0.1) is 0 Å². The van der Waals surface area contributed by atoms with E-state index in [0.717, 1.165) is 5.56 Å². The monoisotopic (exact) mass is 355 g/mol. The highest BCUT2D eigenvalue weighted by atomic mass is 16.3. The van der Waals surface area contributed by atoms with Gasteiger partial charge in [-0.1, -0.05) is 30.3 Å². The van der Waals surface area contributed by atoms with Gasteiger partial charge in [0.15, 0.2) is 5.78 Å². The van der Waals surface area contributed by atoms with E-state index in [1.54, 1.807) is 12.1 Å². The molecule has 136 valence electrons. The first-order valence-electron chi connectivity index (χ1n) is 8.09. The van der Waals surface area contributed by atoms with E-state index in [0.29, 0.717) is 5.76 Å². The molecule has 0 fully saturated rings. The summed E-state index contributed by atoms with van der Waals surface area (Å²) in [6, 6.07) is 10.5. The highest BCUT2D eigenvalue weighted by Gasteiger charge is 2.23. The summed E-state index contributed by atoms with van der Waals surface area (Å²) in [6.45, 7) is 0. The molecule has 0 bridgehead atoms. The van der Waals surface area contributed by atoms with Crippen molar-refractivity contribution in [2.75, 3.05) is 0 Å². The van der Waals surface area contributed by atoms with Gasteiger partial charge >= 0.3 is 0 Å². The molecule has 0 aliphatic carbocycles. The third-order valence-corrected chi connectivity index (χ3v) is 3.68. The standard InChI is InChI=1S/C19H21N3O4/c20-16(12-14(23)8-9-15-7-4-10-26-15)19(25)22-17(18(21)24)11-13-5-2-1-3-6-13/h1-10,16-17H,11-12,20H2,(H2,21,24)(H,22,25)/t16-,17-/m0/s1. The van der Waals surface area contributed by atoms with E-state index in [1.807, 2.05) is 30.3 Å². The van der Waals surface area contributed by atoms with Crippen molar-refractivity contribution in [3.05, 3.63) is 66.1 Å². The summed E-state index contributed by atoms with van der Waals surface area (Å²) in [4.78, 5) is 35.7. The van der Waals surface area contributed by atoms with Crippen LogP contribution < -0.4 is 16.8 Å². The molecule has 2 amide bonds. The fourth-order valence-electron chi connectivity index (χ4n) is 2.29. The minimum absolute atomic E-state index is 0.195. The van der Waals surface area contributed by atoms with E-state index in [9.17, 15) is 14.4 Å². The van der Waals surface area contributed by atoms with E-state index in [4.69, 9.17) is 15.9 Å². The van der Waals surface area contributed by atoms with E-state index < -0.39 is 23.9 Å². The third-order valence-electron chi connectivity index (χ3n) is 3.68. The highest BCUT2D eigenvalue weighted by Crippen LogP contribution is 2.05. The molecule has 26 heavy (non-hydrogen) atoms. The van der Waals surface area contributed by atoms with Crippen molar-refractivity contribution in [2.45, 2.75) is 24.9 Å². The molecule has 2 aromatic rings. The van der Waals surface area contributed by atoms with Crippen molar-refractivity contribution in [2.24, 2.45) is 11.5 Å². The van der Waals surface area contributed by atoms with Crippen molar-refractivity contribution < 1.29 is 18.8 Å². The van der Waals surface area contributed by atoms with Crippen LogP contribution in [0.2, 0.25) is 0 Å². The molecule has 0 unspecified atom stereocenters. The first-order chi connectivity index (χ1) is 12.5. The second-order valence-electron chi connectivity index (χ2n) is 5.78. The first-order valence-corrected chi connectivity index (χ1v) is 8.09. The Kier molecular flexibility index (Phi) is 6.87. The van der Waals surface area contributed by atoms with Gasteiger partial charge in [0.2, 0.25) is 11.8 Å². The van der Waals surface area contributed by atoms with Gasteiger partial charge in [-0.05, 0) is 29.8 Å². The summed E-state index contributed by atoms with van der Waals surface area (Å²) in [7, 11) is 0. The molecule has 1 aromatic heterocycles. The number of carbonyl (C=O) groups excluding carboxylic acids is 3. The number of benzene rings is 1. The average molecular weight is 355 g/mol. The molecule has 2 rings (SSSR count). The van der Waals surface area contributed by atoms with Crippen molar-refractivity contribution in [3.63, 3.8) is 0 Å². The van der Waals surface area contributed by atoms with Crippen LogP contribution in [0.1, 0.15) is 17.7 Å². The minimum Gasteiger partial charge on any atom is -0.465 e. The van der Waals surface area contributed by atoms with Crippen LogP contribution >= 0.6 is 0 Å². The number of carbonyl (C=O) groups is 3. The lowest BCUT2D eigenvalue weighted by molar-refractivity contribution is -0.129. The van der Waals surface area contributed by atoms with Crippen LogP contribution in [0.5, 0.6) is 0 Å². The maximum Gasteiger partial charge on any atom is 0.240 e. The number of allylic oxidation sites excluding steroid dienone is 1. The van der Waals surface area contributed by atoms with E-state index >= 15 is 0 Å². The lowest BCUT2D eigenvalue weighted by Gasteiger charge is -2.18. The summed E-state index contributed by atoms with van der Waals surface area (Å²) in [5.41, 5.74) is 12.0. The lowest BCUT2D eigenvalue weighted by Crippen LogP contribution is -2.51. The Bertz CT molecular complexity index is 769. The van der Waals surface area contributed by atoms with Gasteiger partial charge in [-0.3, -0.25) is 14.4 Å². The summed E-state index contributed by atoms with van der Waals surface area (Å²) in [5.74, 6) is -1.08. The molecule has 0 radical (unpaired) electrons. The highest BCUT2D eigenvalue weighted by molar-refractivity contribution is 5.98. The first kappa shape index (κ1) is 19.1. The number of amides is 2. The number of primary amides is 1. The molecule has 0 saturated carbocycles. The third kappa shape index (κ3) is 6.03. The molecule has 7 nitrogen and oxygen atoms in total. The van der Waals surface area contributed by atoms with Gasteiger partial charge in [0.1, 0.15) is 11.8 Å². The molecule has 7 heteroatoms. The quantitative estimate of drug-likeness (QED) is 0.573. The van der Waals surface area contributed by atoms with Gasteiger partial charge in [0, 0.05) is 12.8 Å². The molecule has 2 atom stereocenters. The molecule has 0 spiro atoms. The van der Waals surface area contributed by atoms with Crippen molar-refractivity contribution >= 4 is 23.7 Å². The Balaban J connectivity index is 1.89. The van der Waals surface area contributed by atoms with Crippen LogP contribution in [0, 0.1) is 0 Å². The van der Waals surface area contributed by atoms with E-state index in [1.165, 1.54) is 18.4 Å². The van der Waals surface area contributed by atoms with Crippen LogP contribution in [-0.4, -0.2) is 29.7 Å². The van der Waals surface area contributed by atoms with Crippen LogP contribution in [0.4, 0.5) is 0 Å². The van der Waals surface area contributed by atoms with Gasteiger partial charge in [-0.2, -0.15) is 0 Å². The number of hydrogen-bond donors (Lipinski definition) is 3. The Morgan fingerprint density at radius 3 is 2.46 bits per heavy atom. The second kappa shape index (κ2) is 9.33. The molecule has 0 aliphatic rings. The number of nitrogens with one attached hydrogen (secondary N) is 1. The smallest absolute Gasteiger partial charge is 0.240 e. The van der Waals surface area contributed by atoms with Crippen LogP contribution in [0.3, 0.4) is 0 Å². The summed E-state index contributed by atoms with van der Waals surface area (Å²) >= 11 is 0. The van der Waals surface area contributed by atoms with Crippen molar-refractivity contribution in [3.8, 4) is 0 Å². The summed E-state index contributed by atoms with van der Waals surface area (Å²) in [6.07, 6.45) is 4.33. The summed E-state index contributed by atoms with van der Waals surface area (Å²) in [5, 5.41) is 2.51. The van der Waals surface area contributed by atoms with Crippen molar-refractivity contribution in [1.29, 1.82) is 0 Å². The fraction of sp³-hybridized carbons (Fsp3) is 0.211. The fourth-order valence-corrected chi connectivity index (χ4v) is 2.29. The Morgan fingerprint density at radius 1 is 1.12 bits per heavy atom. The number of ketones is 1. The molecule has 0 saturated heterocycles. The van der Waals surface area contributed by atoms with Crippen LogP contribution in [0.15, 0.2) is 59.2 Å². The van der Waals surface area contributed by atoms with Crippen molar-refractivity contribution in [1.82, 2.24) is 5.32 Å². The number of nitrogens with two attached hydrogens (primary N) is 2. The maximum atomic E-state index is 12.2. The Labute approximate surface area is 151 Å². The zero-order chi connectivity index (χ0) is 18.9. The normalized spacial score (nSPS) is 13.3. The van der Waals surface area contributed by atoms with Gasteiger partial charge in [0.05, 0.1) is 12.3 Å². The lowest BCUT2D eigenvalue weighted by atomic mass is 10.0. The second-order valence-corrected chi connectivity index (χ2v) is 5.78. The van der Waals surface area contributed by atoms with Gasteiger partial charge in [0.25, 0.3) is 0 Å². The predicted molar refractivity (Wildman–Crippen MR) is 96.6 cm³/mol. The molecule has 1 aromatic carbocycles. The van der Waals surface area contributed by atoms with Gasteiger partial charge in [-0.25, -0.2) is 0 Å². The minimum atomic E-state index is -1.08. The van der Waals surface area contributed by atoms with E-state index in [2.05, 4.69) is 5.32 Å². The zero-order valence-electron chi connectivity index (χ0n) is 14.1. The van der Waals surface area contributed by atoms with Gasteiger partial charge < -0.3 is 21.2 Å². The average Bonchev–Trinajstić information content (AvgIpc) is 3.13. The van der Waals surface area contributed by atoms with E-state index in [-0.39, 0.29) is 18.6 Å². The summed E-state index contributed by atoms with van der Waals surface area (Å²) < 4.78 is 5.07. The number of hydrogen-bond acceptors (Lipinski definition) is 5. The molecule has 5 N–H and O–H groups in total. The molecule has 1 heterocycles. The Morgan fingerprint density at radius 2 is 1.85 bits per heavy atom. The topological polar surface area (TPSA) is 128 Å².